The minimum Gasteiger partial charge on any atom is -0.311 e. The average molecular weight is 247 g/mol. The molecular formula is C16H22FN. The van der Waals surface area contributed by atoms with Crippen molar-refractivity contribution >= 4 is 0 Å². The highest BCUT2D eigenvalue weighted by molar-refractivity contribution is 5.17. The molecule has 2 heteroatoms. The zero-order valence-corrected chi connectivity index (χ0v) is 11.0. The highest BCUT2D eigenvalue weighted by Crippen LogP contribution is 2.44. The Kier molecular flexibility index (Phi) is 3.38. The van der Waals surface area contributed by atoms with Gasteiger partial charge < -0.3 is 5.32 Å². The Morgan fingerprint density at radius 1 is 1.33 bits per heavy atom. The van der Waals surface area contributed by atoms with Crippen LogP contribution in [0, 0.1) is 17.7 Å². The quantitative estimate of drug-likeness (QED) is 0.858. The summed E-state index contributed by atoms with van der Waals surface area (Å²) in [5.41, 5.74) is 1.10. The Hall–Kier alpha value is -0.890. The lowest BCUT2D eigenvalue weighted by Gasteiger charge is -2.27. The third-order valence-electron chi connectivity index (χ3n) is 4.67. The molecule has 0 spiro atoms. The van der Waals surface area contributed by atoms with E-state index >= 15 is 0 Å². The van der Waals surface area contributed by atoms with Gasteiger partial charge >= 0.3 is 0 Å². The largest absolute Gasteiger partial charge is 0.311 e. The van der Waals surface area contributed by atoms with E-state index in [2.05, 4.69) is 12.2 Å². The van der Waals surface area contributed by atoms with Gasteiger partial charge in [0.2, 0.25) is 0 Å². The molecule has 98 valence electrons. The summed E-state index contributed by atoms with van der Waals surface area (Å²) in [6.07, 6.45) is 6.57. The summed E-state index contributed by atoms with van der Waals surface area (Å²) in [6.45, 7) is 2.22. The van der Waals surface area contributed by atoms with Crippen molar-refractivity contribution in [3.05, 3.63) is 35.6 Å². The summed E-state index contributed by atoms with van der Waals surface area (Å²) in [4.78, 5) is 0. The molecule has 2 bridgehead atoms. The van der Waals surface area contributed by atoms with Crippen molar-refractivity contribution in [1.29, 1.82) is 0 Å². The molecule has 1 nitrogen and oxygen atoms in total. The number of hydrogen-bond donors (Lipinski definition) is 1. The fourth-order valence-corrected chi connectivity index (χ4v) is 3.89. The molecule has 4 atom stereocenters. The molecule has 1 aromatic rings. The van der Waals surface area contributed by atoms with Gasteiger partial charge in [-0.1, -0.05) is 18.6 Å². The maximum absolute atomic E-state index is 13.1. The normalized spacial score (nSPS) is 31.8. The topological polar surface area (TPSA) is 12.0 Å². The van der Waals surface area contributed by atoms with E-state index in [1.807, 2.05) is 6.07 Å². The first-order chi connectivity index (χ1) is 8.70. The van der Waals surface area contributed by atoms with E-state index in [9.17, 15) is 4.39 Å². The van der Waals surface area contributed by atoms with Gasteiger partial charge in [0.05, 0.1) is 0 Å². The lowest BCUT2D eigenvalue weighted by Crippen LogP contribution is -2.40. The molecule has 4 unspecified atom stereocenters. The van der Waals surface area contributed by atoms with Crippen molar-refractivity contribution in [3.63, 3.8) is 0 Å². The fraction of sp³-hybridized carbons (Fsp3) is 0.625. The predicted molar refractivity (Wildman–Crippen MR) is 71.9 cm³/mol. The fourth-order valence-electron chi connectivity index (χ4n) is 3.89. The maximum atomic E-state index is 13.1. The Labute approximate surface area is 109 Å². The van der Waals surface area contributed by atoms with Gasteiger partial charge in [-0.15, -0.1) is 0 Å². The third kappa shape index (κ3) is 2.59. The standard InChI is InChI=1S/C16H22FN/c1-11(7-12-3-2-4-15(17)9-12)18-16-10-13-5-6-14(16)8-13/h2-4,9,11,13-14,16,18H,5-8,10H2,1H3. The van der Waals surface area contributed by atoms with Gasteiger partial charge in [0, 0.05) is 12.1 Å². The van der Waals surface area contributed by atoms with E-state index < -0.39 is 0 Å². The summed E-state index contributed by atoms with van der Waals surface area (Å²) in [5, 5.41) is 3.76. The van der Waals surface area contributed by atoms with Crippen LogP contribution in [0.25, 0.3) is 0 Å². The van der Waals surface area contributed by atoms with Crippen LogP contribution in [0.5, 0.6) is 0 Å². The second kappa shape index (κ2) is 5.00. The van der Waals surface area contributed by atoms with Crippen LogP contribution in [-0.4, -0.2) is 12.1 Å². The van der Waals surface area contributed by atoms with E-state index in [1.165, 1.54) is 31.7 Å². The zero-order valence-electron chi connectivity index (χ0n) is 11.0. The zero-order chi connectivity index (χ0) is 12.5. The number of halogens is 1. The summed E-state index contributed by atoms with van der Waals surface area (Å²) < 4.78 is 13.1. The lowest BCUT2D eigenvalue weighted by atomic mass is 9.94. The van der Waals surface area contributed by atoms with Crippen LogP contribution in [0.2, 0.25) is 0 Å². The first-order valence-corrected chi connectivity index (χ1v) is 7.21. The van der Waals surface area contributed by atoms with Crippen molar-refractivity contribution in [2.45, 2.75) is 51.1 Å². The molecule has 1 aromatic carbocycles. The highest BCUT2D eigenvalue weighted by atomic mass is 19.1. The molecule has 2 saturated carbocycles. The van der Waals surface area contributed by atoms with Crippen LogP contribution in [0.4, 0.5) is 4.39 Å². The van der Waals surface area contributed by atoms with E-state index in [1.54, 1.807) is 12.1 Å². The molecular weight excluding hydrogens is 225 g/mol. The van der Waals surface area contributed by atoms with Gasteiger partial charge in [-0.2, -0.15) is 0 Å². The predicted octanol–water partition coefficient (Wildman–Crippen LogP) is 3.53. The SMILES string of the molecule is CC(Cc1cccc(F)c1)NC1CC2CCC1C2. The second-order valence-electron chi connectivity index (χ2n) is 6.18. The van der Waals surface area contributed by atoms with Gasteiger partial charge in [0.15, 0.2) is 0 Å². The van der Waals surface area contributed by atoms with Gasteiger partial charge in [-0.25, -0.2) is 4.39 Å². The van der Waals surface area contributed by atoms with Crippen molar-refractivity contribution in [2.24, 2.45) is 11.8 Å². The number of benzene rings is 1. The number of fused-ring (bicyclic) bond motifs is 2. The van der Waals surface area contributed by atoms with Crippen molar-refractivity contribution in [3.8, 4) is 0 Å². The van der Waals surface area contributed by atoms with E-state index in [-0.39, 0.29) is 5.82 Å². The molecule has 0 amide bonds. The minimum atomic E-state index is -0.125. The van der Waals surface area contributed by atoms with Crippen LogP contribution in [0.3, 0.4) is 0 Å². The summed E-state index contributed by atoms with van der Waals surface area (Å²) in [6, 6.07) is 8.14. The van der Waals surface area contributed by atoms with E-state index in [0.29, 0.717) is 12.1 Å². The first kappa shape index (κ1) is 12.2. The first-order valence-electron chi connectivity index (χ1n) is 7.21. The Morgan fingerprint density at radius 2 is 2.22 bits per heavy atom. The molecule has 0 heterocycles. The third-order valence-corrected chi connectivity index (χ3v) is 4.67. The van der Waals surface area contributed by atoms with Crippen LogP contribution >= 0.6 is 0 Å². The minimum absolute atomic E-state index is 0.125. The van der Waals surface area contributed by atoms with Crippen molar-refractivity contribution in [1.82, 2.24) is 5.32 Å². The molecule has 3 rings (SSSR count). The van der Waals surface area contributed by atoms with Crippen molar-refractivity contribution < 1.29 is 4.39 Å². The number of hydrogen-bond acceptors (Lipinski definition) is 1. The molecule has 1 N–H and O–H groups in total. The van der Waals surface area contributed by atoms with Crippen LogP contribution < -0.4 is 5.32 Å². The molecule has 0 aromatic heterocycles. The Balaban J connectivity index is 1.54. The van der Waals surface area contributed by atoms with Crippen LogP contribution in [-0.2, 0) is 6.42 Å². The van der Waals surface area contributed by atoms with E-state index in [0.717, 1.165) is 23.8 Å². The Bertz CT molecular complexity index is 417. The maximum Gasteiger partial charge on any atom is 0.123 e. The monoisotopic (exact) mass is 247 g/mol. The van der Waals surface area contributed by atoms with Gasteiger partial charge in [-0.3, -0.25) is 0 Å². The van der Waals surface area contributed by atoms with E-state index in [4.69, 9.17) is 0 Å². The molecule has 2 fully saturated rings. The average Bonchev–Trinajstić information content (AvgIpc) is 2.90. The summed E-state index contributed by atoms with van der Waals surface area (Å²) in [7, 11) is 0. The summed E-state index contributed by atoms with van der Waals surface area (Å²) in [5.74, 6) is 1.76. The second-order valence-corrected chi connectivity index (χ2v) is 6.18. The Morgan fingerprint density at radius 3 is 2.89 bits per heavy atom. The smallest absolute Gasteiger partial charge is 0.123 e. The lowest BCUT2D eigenvalue weighted by molar-refractivity contribution is 0.323. The van der Waals surface area contributed by atoms with Gasteiger partial charge in [0.1, 0.15) is 5.82 Å². The van der Waals surface area contributed by atoms with Gasteiger partial charge in [-0.05, 0) is 62.1 Å². The number of rotatable bonds is 4. The molecule has 0 saturated heterocycles. The van der Waals surface area contributed by atoms with Crippen LogP contribution in [0.1, 0.15) is 38.2 Å². The van der Waals surface area contributed by atoms with Crippen LogP contribution in [0.15, 0.2) is 24.3 Å². The molecule has 18 heavy (non-hydrogen) atoms. The molecule has 2 aliphatic carbocycles. The summed E-state index contributed by atoms with van der Waals surface area (Å²) >= 11 is 0. The highest BCUT2D eigenvalue weighted by Gasteiger charge is 2.39. The van der Waals surface area contributed by atoms with Gasteiger partial charge in [0.25, 0.3) is 0 Å². The van der Waals surface area contributed by atoms with Crippen molar-refractivity contribution in [2.75, 3.05) is 0 Å². The molecule has 0 aliphatic heterocycles. The molecule has 2 aliphatic rings. The molecule has 0 radical (unpaired) electrons. The number of nitrogens with one attached hydrogen (secondary N) is 1.